The molecule has 0 radical (unpaired) electrons. The molecule has 0 bridgehead atoms. The Morgan fingerprint density at radius 2 is 2.26 bits per heavy atom. The molecule has 0 atom stereocenters. The molecule has 0 amide bonds. The van der Waals surface area contributed by atoms with Crippen LogP contribution >= 0.6 is 0 Å². The van der Waals surface area contributed by atoms with Gasteiger partial charge in [-0.1, -0.05) is 11.6 Å². The molecule has 2 aromatic rings. The maximum Gasteiger partial charge on any atom is 0.163 e. The van der Waals surface area contributed by atoms with Gasteiger partial charge in [-0.05, 0) is 32.1 Å². The van der Waals surface area contributed by atoms with Gasteiger partial charge >= 0.3 is 0 Å². The summed E-state index contributed by atoms with van der Waals surface area (Å²) in [5.74, 6) is 0.884. The average Bonchev–Trinajstić information content (AvgIpc) is 2.83. The van der Waals surface area contributed by atoms with Gasteiger partial charge in [0.15, 0.2) is 5.65 Å². The van der Waals surface area contributed by atoms with Crippen LogP contribution in [0.2, 0.25) is 0 Å². The summed E-state index contributed by atoms with van der Waals surface area (Å²) in [5.41, 5.74) is 2.45. The van der Waals surface area contributed by atoms with Crippen molar-refractivity contribution >= 4 is 16.9 Å². The first kappa shape index (κ1) is 12.1. The molecule has 0 saturated heterocycles. The van der Waals surface area contributed by atoms with Crippen molar-refractivity contribution in [3.63, 3.8) is 0 Å². The Labute approximate surface area is 112 Å². The molecule has 2 aromatic heterocycles. The molecule has 1 aliphatic carbocycles. The van der Waals surface area contributed by atoms with Gasteiger partial charge in [0.2, 0.25) is 0 Å². The highest BCUT2D eigenvalue weighted by atomic mass is 15.3. The number of aromatic nitrogens is 4. The van der Waals surface area contributed by atoms with Gasteiger partial charge in [-0.25, -0.2) is 9.97 Å². The maximum atomic E-state index is 4.31. The van der Waals surface area contributed by atoms with Crippen molar-refractivity contribution in [1.29, 1.82) is 0 Å². The van der Waals surface area contributed by atoms with Crippen LogP contribution in [0.1, 0.15) is 32.1 Å². The molecule has 2 heterocycles. The third kappa shape index (κ3) is 2.59. The van der Waals surface area contributed by atoms with Crippen molar-refractivity contribution in [3.05, 3.63) is 24.2 Å². The summed E-state index contributed by atoms with van der Waals surface area (Å²) in [4.78, 5) is 8.55. The van der Waals surface area contributed by atoms with Crippen LogP contribution in [0.25, 0.3) is 11.0 Å². The Bertz CT molecular complexity index is 599. The molecule has 0 aromatic carbocycles. The van der Waals surface area contributed by atoms with Crippen molar-refractivity contribution in [2.75, 3.05) is 11.9 Å². The van der Waals surface area contributed by atoms with E-state index in [0.29, 0.717) is 0 Å². The van der Waals surface area contributed by atoms with E-state index in [-0.39, 0.29) is 0 Å². The van der Waals surface area contributed by atoms with Crippen LogP contribution in [0.5, 0.6) is 0 Å². The molecular weight excluding hydrogens is 238 g/mol. The molecule has 5 heteroatoms. The van der Waals surface area contributed by atoms with Crippen LogP contribution in [0.3, 0.4) is 0 Å². The highest BCUT2D eigenvalue weighted by molar-refractivity contribution is 5.85. The second kappa shape index (κ2) is 5.38. The molecule has 3 rings (SSSR count). The summed E-state index contributed by atoms with van der Waals surface area (Å²) < 4.78 is 1.77. The van der Waals surface area contributed by atoms with E-state index < -0.39 is 0 Å². The number of nitrogens with one attached hydrogen (secondary N) is 1. The third-order valence-electron chi connectivity index (χ3n) is 3.65. The van der Waals surface area contributed by atoms with Crippen molar-refractivity contribution in [3.8, 4) is 0 Å². The van der Waals surface area contributed by atoms with E-state index in [1.54, 1.807) is 16.6 Å². The Morgan fingerprint density at radius 3 is 3.11 bits per heavy atom. The lowest BCUT2D eigenvalue weighted by molar-refractivity contribution is 0.679. The SMILES string of the molecule is Cn1ncc2c(NCCC3=CCCCC3)ncnc21. The summed E-state index contributed by atoms with van der Waals surface area (Å²) in [6.07, 6.45) is 12.1. The minimum atomic E-state index is 0.870. The fourth-order valence-corrected chi connectivity index (χ4v) is 2.58. The molecule has 0 aliphatic heterocycles. The molecule has 0 spiro atoms. The Balaban J connectivity index is 1.66. The van der Waals surface area contributed by atoms with E-state index in [1.807, 2.05) is 13.2 Å². The van der Waals surface area contributed by atoms with Crippen molar-refractivity contribution in [2.45, 2.75) is 32.1 Å². The van der Waals surface area contributed by atoms with Gasteiger partial charge < -0.3 is 5.32 Å². The summed E-state index contributed by atoms with van der Waals surface area (Å²) in [5, 5.41) is 8.61. The van der Waals surface area contributed by atoms with Gasteiger partial charge in [0, 0.05) is 13.6 Å². The highest BCUT2D eigenvalue weighted by Gasteiger charge is 2.08. The second-order valence-electron chi connectivity index (χ2n) is 5.01. The number of hydrogen-bond donors (Lipinski definition) is 1. The smallest absolute Gasteiger partial charge is 0.163 e. The fraction of sp³-hybridized carbons (Fsp3) is 0.500. The van der Waals surface area contributed by atoms with Gasteiger partial charge in [0.05, 0.1) is 11.6 Å². The van der Waals surface area contributed by atoms with Gasteiger partial charge in [0.25, 0.3) is 0 Å². The van der Waals surface area contributed by atoms with Gasteiger partial charge in [0.1, 0.15) is 12.1 Å². The van der Waals surface area contributed by atoms with Gasteiger partial charge in [-0.15, -0.1) is 0 Å². The summed E-state index contributed by atoms with van der Waals surface area (Å²) >= 11 is 0. The van der Waals surface area contributed by atoms with E-state index in [4.69, 9.17) is 0 Å². The predicted molar refractivity (Wildman–Crippen MR) is 76.0 cm³/mol. The zero-order chi connectivity index (χ0) is 13.1. The lowest BCUT2D eigenvalue weighted by Gasteiger charge is -2.13. The minimum Gasteiger partial charge on any atom is -0.369 e. The monoisotopic (exact) mass is 257 g/mol. The number of allylic oxidation sites excluding steroid dienone is 1. The number of aryl methyl sites for hydroxylation is 1. The molecular formula is C14H19N5. The molecule has 0 unspecified atom stereocenters. The summed E-state index contributed by atoms with van der Waals surface area (Å²) in [7, 11) is 1.89. The number of fused-ring (bicyclic) bond motifs is 1. The van der Waals surface area contributed by atoms with Crippen molar-refractivity contribution in [1.82, 2.24) is 19.7 Å². The molecule has 19 heavy (non-hydrogen) atoms. The first-order chi connectivity index (χ1) is 9.34. The normalized spacial score (nSPS) is 15.5. The Hall–Kier alpha value is -1.91. The molecule has 0 fully saturated rings. The summed E-state index contributed by atoms with van der Waals surface area (Å²) in [6, 6.07) is 0. The largest absolute Gasteiger partial charge is 0.369 e. The van der Waals surface area contributed by atoms with Crippen LogP contribution in [-0.2, 0) is 7.05 Å². The third-order valence-corrected chi connectivity index (χ3v) is 3.65. The quantitative estimate of drug-likeness (QED) is 0.856. The standard InChI is InChI=1S/C14H19N5/c1-19-14-12(9-18-19)13(16-10-17-14)15-8-7-11-5-3-2-4-6-11/h5,9-10H,2-4,6-8H2,1H3,(H,15,16,17). The Morgan fingerprint density at radius 1 is 1.32 bits per heavy atom. The van der Waals surface area contributed by atoms with Crippen LogP contribution in [0, 0.1) is 0 Å². The lowest BCUT2D eigenvalue weighted by atomic mass is 9.97. The van der Waals surface area contributed by atoms with Crippen LogP contribution in [0.4, 0.5) is 5.82 Å². The van der Waals surface area contributed by atoms with E-state index in [2.05, 4.69) is 26.5 Å². The number of hydrogen-bond acceptors (Lipinski definition) is 4. The zero-order valence-electron chi connectivity index (χ0n) is 11.3. The molecule has 1 N–H and O–H groups in total. The highest BCUT2D eigenvalue weighted by Crippen LogP contribution is 2.21. The van der Waals surface area contributed by atoms with E-state index in [1.165, 1.54) is 25.7 Å². The van der Waals surface area contributed by atoms with Crippen LogP contribution in [0.15, 0.2) is 24.2 Å². The number of rotatable bonds is 4. The van der Waals surface area contributed by atoms with E-state index in [0.717, 1.165) is 29.8 Å². The van der Waals surface area contributed by atoms with Crippen molar-refractivity contribution in [2.24, 2.45) is 7.05 Å². The fourth-order valence-electron chi connectivity index (χ4n) is 2.58. The summed E-state index contributed by atoms with van der Waals surface area (Å²) in [6.45, 7) is 0.923. The number of anilines is 1. The van der Waals surface area contributed by atoms with E-state index >= 15 is 0 Å². The molecule has 1 aliphatic rings. The second-order valence-corrected chi connectivity index (χ2v) is 5.01. The maximum absolute atomic E-state index is 4.31. The first-order valence-corrected chi connectivity index (χ1v) is 6.89. The number of nitrogens with zero attached hydrogens (tertiary/aromatic N) is 4. The van der Waals surface area contributed by atoms with Gasteiger partial charge in [-0.2, -0.15) is 5.10 Å². The predicted octanol–water partition coefficient (Wildman–Crippen LogP) is 2.67. The lowest BCUT2D eigenvalue weighted by Crippen LogP contribution is -2.06. The first-order valence-electron chi connectivity index (χ1n) is 6.89. The molecule has 0 saturated carbocycles. The average molecular weight is 257 g/mol. The Kier molecular flexibility index (Phi) is 3.44. The van der Waals surface area contributed by atoms with Crippen LogP contribution in [-0.4, -0.2) is 26.3 Å². The zero-order valence-corrected chi connectivity index (χ0v) is 11.3. The minimum absolute atomic E-state index is 0.870. The topological polar surface area (TPSA) is 55.6 Å². The molecule has 5 nitrogen and oxygen atoms in total. The van der Waals surface area contributed by atoms with Gasteiger partial charge in [-0.3, -0.25) is 4.68 Å². The van der Waals surface area contributed by atoms with Crippen molar-refractivity contribution < 1.29 is 0 Å². The van der Waals surface area contributed by atoms with E-state index in [9.17, 15) is 0 Å². The molecule has 100 valence electrons. The van der Waals surface area contributed by atoms with Crippen LogP contribution < -0.4 is 5.32 Å².